The minimum atomic E-state index is -0.146. The highest BCUT2D eigenvalue weighted by Gasteiger charge is 2.38. The molecule has 2 rings (SSSR count). The Balaban J connectivity index is 2.57. The molecule has 2 heteroatoms. The van der Waals surface area contributed by atoms with E-state index < -0.39 is 0 Å². The summed E-state index contributed by atoms with van der Waals surface area (Å²) in [6.07, 6.45) is 0. The summed E-state index contributed by atoms with van der Waals surface area (Å²) < 4.78 is 0. The lowest BCUT2D eigenvalue weighted by Gasteiger charge is -2.40. The first kappa shape index (κ1) is 15.7. The zero-order valence-electron chi connectivity index (χ0n) is 13.3. The summed E-state index contributed by atoms with van der Waals surface area (Å²) >= 11 is 0. The Morgan fingerprint density at radius 1 is 0.905 bits per heavy atom. The molecular weight excluding hydrogens is 256 g/mol. The van der Waals surface area contributed by atoms with Crippen molar-refractivity contribution in [2.75, 3.05) is 27.2 Å². The van der Waals surface area contributed by atoms with E-state index in [1.165, 1.54) is 11.1 Å². The lowest BCUT2D eigenvalue weighted by atomic mass is 9.66. The molecule has 0 aromatic heterocycles. The summed E-state index contributed by atoms with van der Waals surface area (Å²) in [6.45, 7) is 3.91. The monoisotopic (exact) mass is 282 g/mol. The van der Waals surface area contributed by atoms with Gasteiger partial charge >= 0.3 is 0 Å². The molecule has 0 aliphatic rings. The summed E-state index contributed by atoms with van der Waals surface area (Å²) in [5.74, 6) is 0.419. The minimum Gasteiger partial charge on any atom is -0.329 e. The Hall–Kier alpha value is -1.64. The van der Waals surface area contributed by atoms with E-state index in [0.29, 0.717) is 12.5 Å². The standard InChI is InChI=1S/C19H26N2/c1-16(14-21(2)3)19(15-20,17-10-6-4-7-11-17)18-12-8-5-9-13-18/h4-13,16H,14-15,20H2,1-3H3. The Bertz CT molecular complexity index is 495. The molecule has 2 aromatic rings. The third-order valence-electron chi connectivity index (χ3n) is 4.38. The SMILES string of the molecule is CC(CN(C)C)C(CN)(c1ccccc1)c1ccccc1. The fourth-order valence-electron chi connectivity index (χ4n) is 3.35. The van der Waals surface area contributed by atoms with Gasteiger partial charge in [-0.15, -0.1) is 0 Å². The highest BCUT2D eigenvalue weighted by molar-refractivity contribution is 5.41. The number of nitrogens with two attached hydrogens (primary N) is 1. The van der Waals surface area contributed by atoms with E-state index in [9.17, 15) is 0 Å². The van der Waals surface area contributed by atoms with Crippen LogP contribution in [0.2, 0.25) is 0 Å². The van der Waals surface area contributed by atoms with Crippen LogP contribution in [0.25, 0.3) is 0 Å². The largest absolute Gasteiger partial charge is 0.329 e. The average Bonchev–Trinajstić information content (AvgIpc) is 2.50. The Labute approximate surface area is 128 Å². The van der Waals surface area contributed by atoms with Crippen molar-refractivity contribution in [3.05, 3.63) is 71.8 Å². The molecule has 21 heavy (non-hydrogen) atoms. The minimum absolute atomic E-state index is 0.146. The van der Waals surface area contributed by atoms with Crippen LogP contribution in [-0.2, 0) is 5.41 Å². The van der Waals surface area contributed by atoms with Crippen LogP contribution < -0.4 is 5.73 Å². The van der Waals surface area contributed by atoms with Crippen LogP contribution in [0.3, 0.4) is 0 Å². The number of nitrogens with zero attached hydrogens (tertiary/aromatic N) is 1. The van der Waals surface area contributed by atoms with Gasteiger partial charge in [0.2, 0.25) is 0 Å². The van der Waals surface area contributed by atoms with Crippen LogP contribution in [0.1, 0.15) is 18.1 Å². The van der Waals surface area contributed by atoms with Crippen LogP contribution in [0.5, 0.6) is 0 Å². The van der Waals surface area contributed by atoms with Crippen molar-refractivity contribution in [1.82, 2.24) is 4.90 Å². The van der Waals surface area contributed by atoms with Gasteiger partial charge in [0.1, 0.15) is 0 Å². The van der Waals surface area contributed by atoms with E-state index in [-0.39, 0.29) is 5.41 Å². The molecule has 1 unspecified atom stereocenters. The predicted octanol–water partition coefficient (Wildman–Crippen LogP) is 3.13. The first-order valence-corrected chi connectivity index (χ1v) is 7.57. The molecule has 0 aliphatic heterocycles. The highest BCUT2D eigenvalue weighted by Crippen LogP contribution is 2.38. The molecule has 0 fully saturated rings. The second-order valence-electron chi connectivity index (χ2n) is 6.07. The maximum absolute atomic E-state index is 6.33. The lowest BCUT2D eigenvalue weighted by molar-refractivity contribution is 0.258. The van der Waals surface area contributed by atoms with Gasteiger partial charge in [-0.1, -0.05) is 67.6 Å². The van der Waals surface area contributed by atoms with Gasteiger partial charge in [0.25, 0.3) is 0 Å². The van der Waals surface area contributed by atoms with E-state index >= 15 is 0 Å². The van der Waals surface area contributed by atoms with Crippen molar-refractivity contribution in [3.63, 3.8) is 0 Å². The maximum atomic E-state index is 6.33. The van der Waals surface area contributed by atoms with Crippen LogP contribution in [-0.4, -0.2) is 32.1 Å². The molecular formula is C19H26N2. The summed E-state index contributed by atoms with van der Waals surface area (Å²) in [6, 6.07) is 21.3. The highest BCUT2D eigenvalue weighted by atomic mass is 15.1. The summed E-state index contributed by atoms with van der Waals surface area (Å²) in [5, 5.41) is 0. The fourth-order valence-corrected chi connectivity index (χ4v) is 3.35. The van der Waals surface area contributed by atoms with E-state index in [0.717, 1.165) is 6.54 Å². The third kappa shape index (κ3) is 3.17. The van der Waals surface area contributed by atoms with Gasteiger partial charge in [0.05, 0.1) is 0 Å². The van der Waals surface area contributed by atoms with Crippen molar-refractivity contribution in [1.29, 1.82) is 0 Å². The molecule has 0 radical (unpaired) electrons. The van der Waals surface area contributed by atoms with E-state index in [1.54, 1.807) is 0 Å². The summed E-state index contributed by atoms with van der Waals surface area (Å²) in [7, 11) is 4.24. The van der Waals surface area contributed by atoms with Gasteiger partial charge in [-0.3, -0.25) is 0 Å². The molecule has 0 saturated carbocycles. The summed E-state index contributed by atoms with van der Waals surface area (Å²) in [5.41, 5.74) is 8.78. The summed E-state index contributed by atoms with van der Waals surface area (Å²) in [4.78, 5) is 2.24. The number of benzene rings is 2. The van der Waals surface area contributed by atoms with E-state index in [2.05, 4.69) is 86.6 Å². The zero-order chi connectivity index (χ0) is 15.3. The average molecular weight is 282 g/mol. The molecule has 0 heterocycles. The Morgan fingerprint density at radius 2 is 1.33 bits per heavy atom. The number of hydrogen-bond donors (Lipinski definition) is 1. The Kier molecular flexibility index (Phi) is 5.16. The van der Waals surface area contributed by atoms with Gasteiger partial charge in [0, 0.05) is 18.5 Å². The Morgan fingerprint density at radius 3 is 1.67 bits per heavy atom. The van der Waals surface area contributed by atoms with Crippen LogP contribution in [0, 0.1) is 5.92 Å². The number of rotatable bonds is 6. The van der Waals surface area contributed by atoms with Crippen LogP contribution >= 0.6 is 0 Å². The second-order valence-corrected chi connectivity index (χ2v) is 6.07. The fraction of sp³-hybridized carbons (Fsp3) is 0.368. The van der Waals surface area contributed by atoms with Gasteiger partial charge in [-0.25, -0.2) is 0 Å². The van der Waals surface area contributed by atoms with E-state index in [1.807, 2.05) is 0 Å². The maximum Gasteiger partial charge on any atom is 0.0362 e. The smallest absolute Gasteiger partial charge is 0.0362 e. The first-order valence-electron chi connectivity index (χ1n) is 7.57. The molecule has 112 valence electrons. The number of hydrogen-bond acceptors (Lipinski definition) is 2. The molecule has 0 bridgehead atoms. The van der Waals surface area contributed by atoms with Gasteiger partial charge in [-0.05, 0) is 31.1 Å². The molecule has 2 N–H and O–H groups in total. The molecule has 0 aliphatic carbocycles. The van der Waals surface area contributed by atoms with E-state index in [4.69, 9.17) is 5.73 Å². The van der Waals surface area contributed by atoms with Crippen molar-refractivity contribution in [2.24, 2.45) is 11.7 Å². The molecule has 0 spiro atoms. The lowest BCUT2D eigenvalue weighted by Crippen LogP contribution is -2.45. The van der Waals surface area contributed by atoms with Crippen molar-refractivity contribution in [2.45, 2.75) is 12.3 Å². The van der Waals surface area contributed by atoms with Crippen molar-refractivity contribution in [3.8, 4) is 0 Å². The van der Waals surface area contributed by atoms with Gasteiger partial charge in [0.15, 0.2) is 0 Å². The normalized spacial score (nSPS) is 13.4. The zero-order valence-corrected chi connectivity index (χ0v) is 13.3. The molecule has 1 atom stereocenters. The molecule has 0 saturated heterocycles. The molecule has 2 aromatic carbocycles. The van der Waals surface area contributed by atoms with Crippen molar-refractivity contribution < 1.29 is 0 Å². The first-order chi connectivity index (χ1) is 10.1. The predicted molar refractivity (Wildman–Crippen MR) is 90.4 cm³/mol. The second kappa shape index (κ2) is 6.88. The van der Waals surface area contributed by atoms with Gasteiger partial charge in [-0.2, -0.15) is 0 Å². The molecule has 0 amide bonds. The van der Waals surface area contributed by atoms with Gasteiger partial charge < -0.3 is 10.6 Å². The third-order valence-corrected chi connectivity index (χ3v) is 4.38. The van der Waals surface area contributed by atoms with Crippen molar-refractivity contribution >= 4 is 0 Å². The molecule has 2 nitrogen and oxygen atoms in total. The van der Waals surface area contributed by atoms with Crippen LogP contribution in [0.15, 0.2) is 60.7 Å². The topological polar surface area (TPSA) is 29.3 Å². The van der Waals surface area contributed by atoms with Crippen LogP contribution in [0.4, 0.5) is 0 Å². The quantitative estimate of drug-likeness (QED) is 0.882.